The second-order valence-corrected chi connectivity index (χ2v) is 11.3. The lowest BCUT2D eigenvalue weighted by Crippen LogP contribution is -2.42. The molecule has 0 heterocycles. The first kappa shape index (κ1) is 23.9. The molecule has 176 valence electrons. The molecule has 0 aliphatic heterocycles. The third-order valence-electron chi connectivity index (χ3n) is 5.72. The van der Waals surface area contributed by atoms with Gasteiger partial charge in [-0.2, -0.15) is 0 Å². The molecule has 0 spiro atoms. The molecular weight excluding hydrogens is 446 g/mol. The highest BCUT2D eigenvalue weighted by Gasteiger charge is 2.29. The summed E-state index contributed by atoms with van der Waals surface area (Å²) in [6.07, 6.45) is -0.547. The number of carboxylic acids is 1. The van der Waals surface area contributed by atoms with E-state index in [4.69, 9.17) is 4.74 Å². The van der Waals surface area contributed by atoms with Gasteiger partial charge in [-0.3, -0.25) is 0 Å². The minimum atomic E-state index is -1.10. The number of carbonyl (C=O) groups is 2. The van der Waals surface area contributed by atoms with Crippen LogP contribution in [0.4, 0.5) is 4.79 Å². The molecule has 5 nitrogen and oxygen atoms in total. The van der Waals surface area contributed by atoms with E-state index < -0.39 is 18.1 Å². The fourth-order valence-corrected chi connectivity index (χ4v) is 5.24. The minimum Gasteiger partial charge on any atom is -0.480 e. The first-order valence-electron chi connectivity index (χ1n) is 11.3. The SMILES string of the molecule is CC(C)(C)Sc1ccc(C[C@@H](NC(=O)OCC2c3ccccc3-c3ccccc32)C(=O)O)cc1. The summed E-state index contributed by atoms with van der Waals surface area (Å²) in [6, 6.07) is 22.9. The Morgan fingerprint density at radius 3 is 2.03 bits per heavy atom. The van der Waals surface area contributed by atoms with Gasteiger partial charge in [0, 0.05) is 22.0 Å². The van der Waals surface area contributed by atoms with Crippen LogP contribution < -0.4 is 5.32 Å². The predicted octanol–water partition coefficient (Wildman–Crippen LogP) is 6.11. The highest BCUT2D eigenvalue weighted by Crippen LogP contribution is 2.44. The fraction of sp³-hybridized carbons (Fsp3) is 0.286. The van der Waals surface area contributed by atoms with E-state index in [1.54, 1.807) is 11.8 Å². The molecule has 0 saturated heterocycles. The Hall–Kier alpha value is -3.25. The van der Waals surface area contributed by atoms with Crippen LogP contribution in [0.3, 0.4) is 0 Å². The predicted molar refractivity (Wildman–Crippen MR) is 135 cm³/mol. The molecule has 3 aromatic rings. The monoisotopic (exact) mass is 475 g/mol. The second kappa shape index (κ2) is 9.94. The van der Waals surface area contributed by atoms with Crippen LogP contribution in [0.2, 0.25) is 0 Å². The summed E-state index contributed by atoms with van der Waals surface area (Å²) in [5, 5.41) is 12.2. The van der Waals surface area contributed by atoms with Crippen LogP contribution in [0.25, 0.3) is 11.1 Å². The van der Waals surface area contributed by atoms with Crippen LogP contribution in [0.15, 0.2) is 77.7 Å². The van der Waals surface area contributed by atoms with Gasteiger partial charge in [-0.15, -0.1) is 11.8 Å². The number of alkyl carbamates (subject to hydrolysis) is 1. The molecule has 1 aliphatic carbocycles. The quantitative estimate of drug-likeness (QED) is 0.403. The molecule has 0 fully saturated rings. The summed E-state index contributed by atoms with van der Waals surface area (Å²) in [5.41, 5.74) is 5.34. The molecule has 4 rings (SSSR count). The number of ether oxygens (including phenoxy) is 1. The minimum absolute atomic E-state index is 0.0747. The molecule has 0 aromatic heterocycles. The third-order valence-corrected chi connectivity index (χ3v) is 6.84. The number of benzene rings is 3. The lowest BCUT2D eigenvalue weighted by molar-refractivity contribution is -0.139. The van der Waals surface area contributed by atoms with Crippen LogP contribution in [-0.2, 0) is 16.0 Å². The van der Waals surface area contributed by atoms with Gasteiger partial charge in [0.15, 0.2) is 0 Å². The summed E-state index contributed by atoms with van der Waals surface area (Å²) in [6.45, 7) is 6.57. The average molecular weight is 476 g/mol. The third kappa shape index (κ3) is 5.62. The van der Waals surface area contributed by atoms with Crippen molar-refractivity contribution < 1.29 is 19.4 Å². The lowest BCUT2D eigenvalue weighted by Gasteiger charge is -2.19. The van der Waals surface area contributed by atoms with E-state index in [-0.39, 0.29) is 23.7 Å². The van der Waals surface area contributed by atoms with Gasteiger partial charge in [-0.1, -0.05) is 81.4 Å². The maximum Gasteiger partial charge on any atom is 0.407 e. The average Bonchev–Trinajstić information content (AvgIpc) is 3.11. The van der Waals surface area contributed by atoms with Crippen LogP contribution in [0.1, 0.15) is 43.4 Å². The molecule has 6 heteroatoms. The van der Waals surface area contributed by atoms with Crippen molar-refractivity contribution >= 4 is 23.8 Å². The van der Waals surface area contributed by atoms with Gasteiger partial charge in [-0.05, 0) is 39.9 Å². The fourth-order valence-electron chi connectivity index (χ4n) is 4.27. The maximum atomic E-state index is 12.5. The number of carbonyl (C=O) groups excluding carboxylic acids is 1. The zero-order valence-electron chi connectivity index (χ0n) is 19.6. The number of amides is 1. The lowest BCUT2D eigenvalue weighted by atomic mass is 9.98. The Labute approximate surface area is 204 Å². The summed E-state index contributed by atoms with van der Waals surface area (Å²) < 4.78 is 5.61. The second-order valence-electron chi connectivity index (χ2n) is 9.42. The van der Waals surface area contributed by atoms with Gasteiger partial charge in [0.1, 0.15) is 12.6 Å². The van der Waals surface area contributed by atoms with Crippen molar-refractivity contribution in [1.82, 2.24) is 5.32 Å². The van der Waals surface area contributed by atoms with Gasteiger partial charge in [0.2, 0.25) is 0 Å². The van der Waals surface area contributed by atoms with Gasteiger partial charge in [0.25, 0.3) is 0 Å². The Morgan fingerprint density at radius 2 is 1.50 bits per heavy atom. The highest BCUT2D eigenvalue weighted by molar-refractivity contribution is 8.00. The molecular formula is C28H29NO4S. The molecule has 0 unspecified atom stereocenters. The van der Waals surface area contributed by atoms with Crippen LogP contribution >= 0.6 is 11.8 Å². The van der Waals surface area contributed by atoms with Crippen LogP contribution in [0, 0.1) is 0 Å². The van der Waals surface area contributed by atoms with Crippen molar-refractivity contribution in [2.45, 2.75) is 48.8 Å². The molecule has 0 radical (unpaired) electrons. The van der Waals surface area contributed by atoms with E-state index >= 15 is 0 Å². The summed E-state index contributed by atoms with van der Waals surface area (Å²) in [4.78, 5) is 25.5. The maximum absolute atomic E-state index is 12.5. The Balaban J connectivity index is 1.38. The zero-order chi connectivity index (χ0) is 24.3. The van der Waals surface area contributed by atoms with Crippen molar-refractivity contribution in [3.05, 3.63) is 89.5 Å². The molecule has 0 saturated carbocycles. The molecule has 2 N–H and O–H groups in total. The summed E-state index contributed by atoms with van der Waals surface area (Å²) in [5.74, 6) is -1.17. The van der Waals surface area contributed by atoms with Crippen LogP contribution in [0.5, 0.6) is 0 Å². The number of hydrogen-bond acceptors (Lipinski definition) is 4. The van der Waals surface area contributed by atoms with Gasteiger partial charge in [0.05, 0.1) is 0 Å². The standard InChI is InChI=1S/C28H29NO4S/c1-28(2,3)34-19-14-12-18(13-15-19)16-25(26(30)31)29-27(32)33-17-24-22-10-6-4-8-20(22)21-9-5-7-11-23(21)24/h4-15,24-25H,16-17H2,1-3H3,(H,29,32)(H,30,31)/t25-/m1/s1. The number of carboxylic acid groups (broad SMARTS) is 1. The van der Waals surface area contributed by atoms with E-state index in [1.165, 1.54) is 0 Å². The Bertz CT molecular complexity index is 1140. The molecule has 34 heavy (non-hydrogen) atoms. The van der Waals surface area contributed by atoms with Gasteiger partial charge >= 0.3 is 12.1 Å². The Kier molecular flexibility index (Phi) is 6.98. The first-order valence-corrected chi connectivity index (χ1v) is 12.2. The molecule has 1 atom stereocenters. The van der Waals surface area contributed by atoms with Crippen LogP contribution in [-0.4, -0.2) is 34.6 Å². The smallest absolute Gasteiger partial charge is 0.407 e. The van der Waals surface area contributed by atoms with Crippen molar-refractivity contribution in [3.63, 3.8) is 0 Å². The number of aliphatic carboxylic acids is 1. The molecule has 1 aliphatic rings. The van der Waals surface area contributed by atoms with Crippen molar-refractivity contribution in [1.29, 1.82) is 0 Å². The number of fused-ring (bicyclic) bond motifs is 3. The number of thioether (sulfide) groups is 1. The number of rotatable bonds is 7. The Morgan fingerprint density at radius 1 is 0.941 bits per heavy atom. The molecule has 0 bridgehead atoms. The van der Waals surface area contributed by atoms with Gasteiger partial charge < -0.3 is 15.2 Å². The molecule has 3 aromatic carbocycles. The number of hydrogen-bond donors (Lipinski definition) is 2. The normalized spacial score (nSPS) is 13.6. The number of nitrogens with one attached hydrogen (secondary N) is 1. The van der Waals surface area contributed by atoms with Crippen molar-refractivity contribution in [3.8, 4) is 11.1 Å². The zero-order valence-corrected chi connectivity index (χ0v) is 20.4. The largest absolute Gasteiger partial charge is 0.480 e. The summed E-state index contributed by atoms with van der Waals surface area (Å²) in [7, 11) is 0. The first-order chi connectivity index (χ1) is 16.2. The molecule has 1 amide bonds. The van der Waals surface area contributed by atoms with E-state index in [1.807, 2.05) is 60.7 Å². The summed E-state index contributed by atoms with van der Waals surface area (Å²) >= 11 is 1.75. The van der Waals surface area contributed by atoms with Gasteiger partial charge in [-0.25, -0.2) is 9.59 Å². The highest BCUT2D eigenvalue weighted by atomic mass is 32.2. The topological polar surface area (TPSA) is 75.6 Å². The van der Waals surface area contributed by atoms with E-state index in [2.05, 4.69) is 38.2 Å². The van der Waals surface area contributed by atoms with E-state index in [0.29, 0.717) is 0 Å². The van der Waals surface area contributed by atoms with E-state index in [0.717, 1.165) is 32.7 Å². The van der Waals surface area contributed by atoms with Crippen molar-refractivity contribution in [2.75, 3.05) is 6.61 Å². The van der Waals surface area contributed by atoms with E-state index in [9.17, 15) is 14.7 Å². The van der Waals surface area contributed by atoms with Crippen molar-refractivity contribution in [2.24, 2.45) is 0 Å².